The number of rotatable bonds is 3. The molecule has 116 valence electrons. The largest absolute Gasteiger partial charge is 0.334 e. The molecule has 1 fully saturated rings. The lowest BCUT2D eigenvalue weighted by Gasteiger charge is -2.13. The SMILES string of the molecule is CC1(c2ccccc2)CC1NC(=O)Nc1ccc2[nH]ncc2c1. The van der Waals surface area contributed by atoms with Crippen LogP contribution in [0.4, 0.5) is 10.5 Å². The average Bonchev–Trinajstić information content (AvgIpc) is 2.99. The van der Waals surface area contributed by atoms with Crippen molar-refractivity contribution in [3.8, 4) is 0 Å². The van der Waals surface area contributed by atoms with Crippen molar-refractivity contribution >= 4 is 22.6 Å². The average molecular weight is 306 g/mol. The summed E-state index contributed by atoms with van der Waals surface area (Å²) in [4.78, 5) is 12.2. The molecule has 1 saturated carbocycles. The fourth-order valence-electron chi connectivity index (χ4n) is 3.06. The number of urea groups is 1. The molecule has 5 nitrogen and oxygen atoms in total. The van der Waals surface area contributed by atoms with Gasteiger partial charge in [0.05, 0.1) is 11.7 Å². The highest BCUT2D eigenvalue weighted by Gasteiger charge is 2.52. The van der Waals surface area contributed by atoms with Crippen LogP contribution >= 0.6 is 0 Å². The molecule has 3 N–H and O–H groups in total. The molecule has 3 aromatic rings. The highest BCUT2D eigenvalue weighted by Crippen LogP contribution is 2.47. The first-order valence-corrected chi connectivity index (χ1v) is 7.71. The zero-order chi connectivity index (χ0) is 15.9. The fourth-order valence-corrected chi connectivity index (χ4v) is 3.06. The van der Waals surface area contributed by atoms with Gasteiger partial charge >= 0.3 is 6.03 Å². The Bertz CT molecular complexity index is 858. The van der Waals surface area contributed by atoms with E-state index in [9.17, 15) is 4.79 Å². The molecule has 4 rings (SSSR count). The van der Waals surface area contributed by atoms with E-state index < -0.39 is 0 Å². The molecule has 1 aliphatic carbocycles. The van der Waals surface area contributed by atoms with Crippen molar-refractivity contribution in [2.75, 3.05) is 5.32 Å². The Labute approximate surface area is 134 Å². The number of nitrogens with zero attached hydrogens (tertiary/aromatic N) is 1. The standard InChI is InChI=1S/C18H18N4O/c1-18(13-5-3-2-4-6-13)10-16(18)21-17(23)20-14-7-8-15-12(9-14)11-19-22-15/h2-9,11,16H,10H2,1H3,(H,19,22)(H2,20,21,23). The van der Waals surface area contributed by atoms with E-state index in [2.05, 4.69) is 39.9 Å². The Balaban J connectivity index is 1.41. The first-order valence-electron chi connectivity index (χ1n) is 7.71. The molecule has 23 heavy (non-hydrogen) atoms. The number of aromatic nitrogens is 2. The summed E-state index contributed by atoms with van der Waals surface area (Å²) in [5.74, 6) is 0. The van der Waals surface area contributed by atoms with Gasteiger partial charge in [-0.15, -0.1) is 0 Å². The van der Waals surface area contributed by atoms with Gasteiger partial charge in [-0.25, -0.2) is 4.79 Å². The predicted molar refractivity (Wildman–Crippen MR) is 90.4 cm³/mol. The van der Waals surface area contributed by atoms with Crippen LogP contribution in [0.25, 0.3) is 10.9 Å². The monoisotopic (exact) mass is 306 g/mol. The number of anilines is 1. The summed E-state index contributed by atoms with van der Waals surface area (Å²) in [5.41, 5.74) is 3.02. The second-order valence-electron chi connectivity index (χ2n) is 6.31. The van der Waals surface area contributed by atoms with E-state index >= 15 is 0 Å². The number of carbonyl (C=O) groups excluding carboxylic acids is 1. The third-order valence-electron chi connectivity index (χ3n) is 4.67. The summed E-state index contributed by atoms with van der Waals surface area (Å²) in [5, 5.41) is 13.8. The number of aromatic amines is 1. The molecule has 0 spiro atoms. The van der Waals surface area contributed by atoms with Crippen molar-refractivity contribution in [1.29, 1.82) is 0 Å². The number of amides is 2. The van der Waals surface area contributed by atoms with Crippen LogP contribution in [-0.4, -0.2) is 22.3 Å². The molecule has 0 bridgehead atoms. The topological polar surface area (TPSA) is 69.8 Å². The van der Waals surface area contributed by atoms with Gasteiger partial charge in [0.25, 0.3) is 0 Å². The first-order chi connectivity index (χ1) is 11.1. The van der Waals surface area contributed by atoms with Gasteiger partial charge in [-0.2, -0.15) is 5.10 Å². The van der Waals surface area contributed by atoms with Gasteiger partial charge in [0.15, 0.2) is 0 Å². The summed E-state index contributed by atoms with van der Waals surface area (Å²) in [6.07, 6.45) is 2.71. The highest BCUT2D eigenvalue weighted by molar-refractivity contribution is 5.92. The number of carbonyl (C=O) groups is 1. The molecule has 2 aromatic carbocycles. The van der Waals surface area contributed by atoms with Crippen LogP contribution in [0.15, 0.2) is 54.7 Å². The van der Waals surface area contributed by atoms with Gasteiger partial charge in [0.1, 0.15) is 0 Å². The second kappa shape index (κ2) is 5.12. The van der Waals surface area contributed by atoms with Gasteiger partial charge in [0, 0.05) is 22.5 Å². The van der Waals surface area contributed by atoms with Crippen molar-refractivity contribution < 1.29 is 4.79 Å². The number of fused-ring (bicyclic) bond motifs is 1. The fraction of sp³-hybridized carbons (Fsp3) is 0.222. The summed E-state index contributed by atoms with van der Waals surface area (Å²) in [6.45, 7) is 2.19. The molecule has 1 heterocycles. The summed E-state index contributed by atoms with van der Waals surface area (Å²) in [6, 6.07) is 16.0. The molecule has 2 amide bonds. The van der Waals surface area contributed by atoms with Gasteiger partial charge in [-0.3, -0.25) is 5.10 Å². The van der Waals surface area contributed by atoms with Crippen molar-refractivity contribution in [3.05, 3.63) is 60.3 Å². The number of nitrogens with one attached hydrogen (secondary N) is 3. The molecular weight excluding hydrogens is 288 g/mol. The molecule has 0 aliphatic heterocycles. The molecule has 1 aliphatic rings. The number of hydrogen-bond donors (Lipinski definition) is 3. The van der Waals surface area contributed by atoms with E-state index in [1.54, 1.807) is 6.20 Å². The van der Waals surface area contributed by atoms with E-state index in [-0.39, 0.29) is 17.5 Å². The van der Waals surface area contributed by atoms with Crippen LogP contribution in [0.3, 0.4) is 0 Å². The van der Waals surface area contributed by atoms with Crippen LogP contribution < -0.4 is 10.6 Å². The Kier molecular flexibility index (Phi) is 3.08. The lowest BCUT2D eigenvalue weighted by molar-refractivity contribution is 0.251. The van der Waals surface area contributed by atoms with Crippen LogP contribution in [-0.2, 0) is 5.41 Å². The van der Waals surface area contributed by atoms with Gasteiger partial charge in [-0.1, -0.05) is 37.3 Å². The maximum Gasteiger partial charge on any atom is 0.319 e. The number of H-pyrrole nitrogens is 1. The first kappa shape index (κ1) is 13.8. The Hall–Kier alpha value is -2.82. The summed E-state index contributed by atoms with van der Waals surface area (Å²) in [7, 11) is 0. The third-order valence-corrected chi connectivity index (χ3v) is 4.67. The van der Waals surface area contributed by atoms with Gasteiger partial charge in [-0.05, 0) is 30.2 Å². The zero-order valence-corrected chi connectivity index (χ0v) is 12.8. The zero-order valence-electron chi connectivity index (χ0n) is 12.8. The molecule has 0 saturated heterocycles. The van der Waals surface area contributed by atoms with E-state index in [4.69, 9.17) is 0 Å². The van der Waals surface area contributed by atoms with Crippen LogP contribution in [0.1, 0.15) is 18.9 Å². The lowest BCUT2D eigenvalue weighted by Crippen LogP contribution is -2.34. The molecule has 5 heteroatoms. The van der Waals surface area contributed by atoms with E-state index in [1.807, 2.05) is 36.4 Å². The van der Waals surface area contributed by atoms with Crippen molar-refractivity contribution in [2.45, 2.75) is 24.8 Å². The maximum atomic E-state index is 12.2. The molecular formula is C18H18N4O. The minimum atomic E-state index is -0.169. The summed E-state index contributed by atoms with van der Waals surface area (Å²) < 4.78 is 0. The van der Waals surface area contributed by atoms with Crippen molar-refractivity contribution in [3.63, 3.8) is 0 Å². The minimum absolute atomic E-state index is 0.0348. The highest BCUT2D eigenvalue weighted by atomic mass is 16.2. The van der Waals surface area contributed by atoms with Crippen LogP contribution in [0.2, 0.25) is 0 Å². The van der Waals surface area contributed by atoms with Crippen molar-refractivity contribution in [2.24, 2.45) is 0 Å². The number of benzene rings is 2. The normalized spacial score (nSPS) is 22.7. The van der Waals surface area contributed by atoms with Gasteiger partial charge < -0.3 is 10.6 Å². The predicted octanol–water partition coefficient (Wildman–Crippen LogP) is 3.41. The molecule has 2 atom stereocenters. The molecule has 2 unspecified atom stereocenters. The second-order valence-corrected chi connectivity index (χ2v) is 6.31. The number of hydrogen-bond acceptors (Lipinski definition) is 2. The van der Waals surface area contributed by atoms with Crippen LogP contribution in [0.5, 0.6) is 0 Å². The Morgan fingerprint density at radius 2 is 2.09 bits per heavy atom. The van der Waals surface area contributed by atoms with Crippen LogP contribution in [0, 0.1) is 0 Å². The quantitative estimate of drug-likeness (QED) is 0.694. The Morgan fingerprint density at radius 1 is 1.26 bits per heavy atom. The van der Waals surface area contributed by atoms with Crippen molar-refractivity contribution in [1.82, 2.24) is 15.5 Å². The molecule has 1 aromatic heterocycles. The Morgan fingerprint density at radius 3 is 2.91 bits per heavy atom. The van der Waals surface area contributed by atoms with E-state index in [0.29, 0.717) is 0 Å². The lowest BCUT2D eigenvalue weighted by atomic mass is 9.98. The van der Waals surface area contributed by atoms with E-state index in [1.165, 1.54) is 5.56 Å². The maximum absolute atomic E-state index is 12.2. The summed E-state index contributed by atoms with van der Waals surface area (Å²) >= 11 is 0. The van der Waals surface area contributed by atoms with E-state index in [0.717, 1.165) is 23.0 Å². The third kappa shape index (κ3) is 2.54. The molecule has 0 radical (unpaired) electrons. The van der Waals surface area contributed by atoms with Gasteiger partial charge in [0.2, 0.25) is 0 Å². The smallest absolute Gasteiger partial charge is 0.319 e. The minimum Gasteiger partial charge on any atom is -0.334 e.